The van der Waals surface area contributed by atoms with Crippen molar-refractivity contribution in [2.24, 2.45) is 17.3 Å². The van der Waals surface area contributed by atoms with Crippen molar-refractivity contribution in [3.63, 3.8) is 0 Å². The van der Waals surface area contributed by atoms with Gasteiger partial charge in [-0.15, -0.1) is 0 Å². The third-order valence-corrected chi connectivity index (χ3v) is 6.34. The quantitative estimate of drug-likeness (QED) is 0.827. The standard InChI is InChI=1S/C19H22O2/c1-2-16-13-8-18(15-6-4-3-5-7-15)9-14(16)11-19(10-13,12-18)17(20)21/h2-7,13-14H,8-12H2,1H3,(H,20,21). The van der Waals surface area contributed by atoms with Crippen molar-refractivity contribution in [1.29, 1.82) is 0 Å². The molecule has 2 heteroatoms. The zero-order chi connectivity index (χ0) is 14.7. The fourth-order valence-corrected chi connectivity index (χ4v) is 5.79. The van der Waals surface area contributed by atoms with Crippen molar-refractivity contribution < 1.29 is 9.90 Å². The fraction of sp³-hybridized carbons (Fsp3) is 0.526. The predicted molar refractivity (Wildman–Crippen MR) is 82.0 cm³/mol. The van der Waals surface area contributed by atoms with Crippen LogP contribution in [0.3, 0.4) is 0 Å². The Kier molecular flexibility index (Phi) is 2.64. The number of hydrogen-bond acceptors (Lipinski definition) is 1. The Morgan fingerprint density at radius 2 is 1.76 bits per heavy atom. The first-order chi connectivity index (χ1) is 10.1. The average Bonchev–Trinajstić information content (AvgIpc) is 2.47. The highest BCUT2D eigenvalue weighted by molar-refractivity contribution is 5.76. The highest BCUT2D eigenvalue weighted by Crippen LogP contribution is 2.67. The smallest absolute Gasteiger partial charge is 0.309 e. The molecule has 4 aliphatic carbocycles. The molecular weight excluding hydrogens is 260 g/mol. The molecule has 0 amide bonds. The molecule has 5 rings (SSSR count). The number of aliphatic carboxylic acids is 1. The second kappa shape index (κ2) is 4.22. The summed E-state index contributed by atoms with van der Waals surface area (Å²) in [7, 11) is 0. The molecule has 4 saturated carbocycles. The second-order valence-electron chi connectivity index (χ2n) is 7.41. The molecule has 2 atom stereocenters. The summed E-state index contributed by atoms with van der Waals surface area (Å²) < 4.78 is 0. The first-order valence-electron chi connectivity index (χ1n) is 8.04. The van der Waals surface area contributed by atoms with Gasteiger partial charge in [0.15, 0.2) is 0 Å². The molecule has 4 fully saturated rings. The van der Waals surface area contributed by atoms with Crippen LogP contribution in [0.1, 0.15) is 44.6 Å². The van der Waals surface area contributed by atoms with E-state index in [2.05, 4.69) is 37.3 Å². The topological polar surface area (TPSA) is 37.3 Å². The molecule has 21 heavy (non-hydrogen) atoms. The Bertz CT molecular complexity index is 596. The fourth-order valence-electron chi connectivity index (χ4n) is 5.79. The zero-order valence-corrected chi connectivity index (χ0v) is 12.5. The van der Waals surface area contributed by atoms with Crippen LogP contribution in [0.4, 0.5) is 0 Å². The van der Waals surface area contributed by atoms with Crippen LogP contribution in [-0.2, 0) is 10.2 Å². The first-order valence-corrected chi connectivity index (χ1v) is 8.04. The number of carboxylic acid groups (broad SMARTS) is 1. The van der Waals surface area contributed by atoms with E-state index in [1.54, 1.807) is 0 Å². The molecule has 0 saturated heterocycles. The van der Waals surface area contributed by atoms with Crippen molar-refractivity contribution >= 4 is 5.97 Å². The van der Waals surface area contributed by atoms with E-state index in [0.29, 0.717) is 11.8 Å². The Morgan fingerprint density at radius 1 is 1.14 bits per heavy atom. The van der Waals surface area contributed by atoms with Gasteiger partial charge in [0.1, 0.15) is 0 Å². The monoisotopic (exact) mass is 282 g/mol. The summed E-state index contributed by atoms with van der Waals surface area (Å²) in [4.78, 5) is 12.0. The summed E-state index contributed by atoms with van der Waals surface area (Å²) in [5.74, 6) is 0.396. The van der Waals surface area contributed by atoms with Gasteiger partial charge in [0.2, 0.25) is 0 Å². The van der Waals surface area contributed by atoms with Crippen LogP contribution in [0.25, 0.3) is 0 Å². The molecule has 2 nitrogen and oxygen atoms in total. The Hall–Kier alpha value is -1.57. The van der Waals surface area contributed by atoms with E-state index in [0.717, 1.165) is 32.1 Å². The second-order valence-corrected chi connectivity index (χ2v) is 7.41. The van der Waals surface area contributed by atoms with E-state index in [4.69, 9.17) is 0 Å². The van der Waals surface area contributed by atoms with E-state index >= 15 is 0 Å². The number of allylic oxidation sites excluding steroid dienone is 2. The van der Waals surface area contributed by atoms with Gasteiger partial charge in [-0.3, -0.25) is 4.79 Å². The molecule has 110 valence electrons. The van der Waals surface area contributed by atoms with Gasteiger partial charge < -0.3 is 5.11 Å². The summed E-state index contributed by atoms with van der Waals surface area (Å²) in [6, 6.07) is 10.7. The van der Waals surface area contributed by atoms with E-state index < -0.39 is 11.4 Å². The molecule has 1 aromatic rings. The number of hydrogen-bond donors (Lipinski definition) is 1. The highest BCUT2D eigenvalue weighted by Gasteiger charge is 2.62. The van der Waals surface area contributed by atoms with Crippen molar-refractivity contribution in [1.82, 2.24) is 0 Å². The number of benzene rings is 1. The number of rotatable bonds is 2. The maximum absolute atomic E-state index is 12.0. The molecule has 2 unspecified atom stereocenters. The largest absolute Gasteiger partial charge is 0.481 e. The van der Waals surface area contributed by atoms with Crippen LogP contribution in [0, 0.1) is 17.3 Å². The zero-order valence-electron chi connectivity index (χ0n) is 12.5. The Morgan fingerprint density at radius 3 is 2.29 bits per heavy atom. The van der Waals surface area contributed by atoms with Gasteiger partial charge in [-0.1, -0.05) is 42.0 Å². The summed E-state index contributed by atoms with van der Waals surface area (Å²) in [5, 5.41) is 9.88. The highest BCUT2D eigenvalue weighted by atomic mass is 16.4. The molecular formula is C19H22O2. The maximum atomic E-state index is 12.0. The third-order valence-electron chi connectivity index (χ3n) is 6.34. The molecule has 1 aromatic carbocycles. The predicted octanol–water partition coefficient (Wildman–Crippen LogP) is 4.17. The number of carbonyl (C=O) groups is 1. The molecule has 0 heterocycles. The Labute approximate surface area is 125 Å². The van der Waals surface area contributed by atoms with Crippen molar-refractivity contribution in [3.8, 4) is 0 Å². The van der Waals surface area contributed by atoms with Crippen molar-refractivity contribution in [3.05, 3.63) is 47.5 Å². The molecule has 4 aliphatic rings. The Balaban J connectivity index is 1.84. The summed E-state index contributed by atoms with van der Waals surface area (Å²) in [6.07, 6.45) is 7.09. The van der Waals surface area contributed by atoms with Crippen LogP contribution in [0.2, 0.25) is 0 Å². The first kappa shape index (κ1) is 13.1. The minimum atomic E-state index is -0.563. The van der Waals surface area contributed by atoms with Crippen molar-refractivity contribution in [2.75, 3.05) is 0 Å². The maximum Gasteiger partial charge on any atom is 0.309 e. The van der Waals surface area contributed by atoms with Gasteiger partial charge in [-0.05, 0) is 61.8 Å². The molecule has 4 bridgehead atoms. The average molecular weight is 282 g/mol. The van der Waals surface area contributed by atoms with Crippen LogP contribution < -0.4 is 0 Å². The third kappa shape index (κ3) is 1.68. The van der Waals surface area contributed by atoms with Gasteiger partial charge in [-0.2, -0.15) is 0 Å². The van der Waals surface area contributed by atoms with Crippen LogP contribution in [-0.4, -0.2) is 11.1 Å². The van der Waals surface area contributed by atoms with Crippen LogP contribution >= 0.6 is 0 Å². The van der Waals surface area contributed by atoms with Crippen molar-refractivity contribution in [2.45, 2.75) is 44.4 Å². The summed E-state index contributed by atoms with van der Waals surface area (Å²) in [6.45, 7) is 2.13. The molecule has 0 aromatic heterocycles. The van der Waals surface area contributed by atoms with Gasteiger partial charge in [0, 0.05) is 0 Å². The van der Waals surface area contributed by atoms with Gasteiger partial charge in [-0.25, -0.2) is 0 Å². The van der Waals surface area contributed by atoms with Gasteiger partial charge >= 0.3 is 5.97 Å². The van der Waals surface area contributed by atoms with E-state index in [-0.39, 0.29) is 5.41 Å². The van der Waals surface area contributed by atoms with E-state index in [1.807, 2.05) is 6.07 Å². The summed E-state index contributed by atoms with van der Waals surface area (Å²) in [5.41, 5.74) is 2.52. The lowest BCUT2D eigenvalue weighted by Gasteiger charge is -2.61. The molecule has 0 radical (unpaired) electrons. The van der Waals surface area contributed by atoms with Gasteiger partial charge in [0.05, 0.1) is 5.41 Å². The lowest BCUT2D eigenvalue weighted by Crippen LogP contribution is -2.57. The molecule has 0 aliphatic heterocycles. The number of carboxylic acids is 1. The van der Waals surface area contributed by atoms with E-state index in [9.17, 15) is 9.90 Å². The minimum absolute atomic E-state index is 0.0952. The van der Waals surface area contributed by atoms with Crippen LogP contribution in [0.5, 0.6) is 0 Å². The lowest BCUT2D eigenvalue weighted by molar-refractivity contribution is -0.162. The van der Waals surface area contributed by atoms with E-state index in [1.165, 1.54) is 11.1 Å². The molecule has 1 N–H and O–H groups in total. The lowest BCUT2D eigenvalue weighted by atomic mass is 9.41. The van der Waals surface area contributed by atoms with Crippen LogP contribution in [0.15, 0.2) is 42.0 Å². The van der Waals surface area contributed by atoms with Gasteiger partial charge in [0.25, 0.3) is 0 Å². The summed E-state index contributed by atoms with van der Waals surface area (Å²) >= 11 is 0. The molecule has 0 spiro atoms. The normalized spacial score (nSPS) is 40.3. The SMILES string of the molecule is CC=C1C2CC3(C(=O)O)CC1CC(c1ccccc1)(C2)C3. The minimum Gasteiger partial charge on any atom is -0.481 e.